The minimum Gasteiger partial charge on any atom is -0.353 e. The van der Waals surface area contributed by atoms with E-state index >= 15 is 0 Å². The molecular formula is C23H45NO. The van der Waals surface area contributed by atoms with Crippen molar-refractivity contribution in [2.75, 3.05) is 0 Å². The Morgan fingerprint density at radius 1 is 0.680 bits per heavy atom. The largest absolute Gasteiger partial charge is 0.353 e. The predicted molar refractivity (Wildman–Crippen MR) is 110 cm³/mol. The lowest BCUT2D eigenvalue weighted by Crippen LogP contribution is -2.35. The summed E-state index contributed by atoms with van der Waals surface area (Å²) in [4.78, 5) is 11.9. The Hall–Kier alpha value is -0.530. The van der Waals surface area contributed by atoms with Gasteiger partial charge in [-0.05, 0) is 19.3 Å². The van der Waals surface area contributed by atoms with E-state index in [1.807, 2.05) is 0 Å². The highest BCUT2D eigenvalue weighted by molar-refractivity contribution is 5.76. The molecule has 0 aromatic heterocycles. The topological polar surface area (TPSA) is 29.1 Å². The van der Waals surface area contributed by atoms with Crippen LogP contribution in [0.5, 0.6) is 0 Å². The number of unbranched alkanes of at least 4 members (excludes halogenated alkanes) is 13. The number of nitrogens with one attached hydrogen (secondary N) is 1. The van der Waals surface area contributed by atoms with E-state index in [2.05, 4.69) is 12.2 Å². The highest BCUT2D eigenvalue weighted by Crippen LogP contribution is 2.18. The van der Waals surface area contributed by atoms with Gasteiger partial charge in [0.1, 0.15) is 0 Å². The fourth-order valence-corrected chi connectivity index (χ4v) is 4.03. The van der Waals surface area contributed by atoms with Crippen molar-refractivity contribution in [2.24, 2.45) is 0 Å². The quantitative estimate of drug-likeness (QED) is 0.290. The number of hydrogen-bond donors (Lipinski definition) is 1. The van der Waals surface area contributed by atoms with Crippen LogP contribution in [0.1, 0.15) is 135 Å². The molecule has 148 valence electrons. The zero-order chi connectivity index (χ0) is 18.0. The van der Waals surface area contributed by atoms with E-state index in [1.54, 1.807) is 0 Å². The summed E-state index contributed by atoms with van der Waals surface area (Å²) in [6, 6.07) is 0.480. The van der Waals surface area contributed by atoms with E-state index in [0.29, 0.717) is 11.9 Å². The molecule has 1 aliphatic rings. The molecule has 1 fully saturated rings. The summed E-state index contributed by atoms with van der Waals surface area (Å²) >= 11 is 0. The molecule has 1 rings (SSSR count). The Kier molecular flexibility index (Phi) is 15.2. The maximum atomic E-state index is 11.9. The molecule has 2 nitrogen and oxygen atoms in total. The van der Waals surface area contributed by atoms with Gasteiger partial charge < -0.3 is 5.32 Å². The number of amides is 1. The SMILES string of the molecule is CCCCCCCCCCCCCCCCC(=O)NC1CCCCC1. The molecule has 0 bridgehead atoms. The maximum Gasteiger partial charge on any atom is 0.220 e. The van der Waals surface area contributed by atoms with Gasteiger partial charge in [0.15, 0.2) is 0 Å². The standard InChI is InChI=1S/C23H45NO/c1-2-3-4-5-6-7-8-9-10-11-12-13-14-18-21-23(25)24-22-19-16-15-17-20-22/h22H,2-21H2,1H3,(H,24,25). The van der Waals surface area contributed by atoms with Crippen LogP contribution < -0.4 is 5.32 Å². The van der Waals surface area contributed by atoms with Gasteiger partial charge in [0.25, 0.3) is 0 Å². The number of hydrogen-bond acceptors (Lipinski definition) is 1. The van der Waals surface area contributed by atoms with Crippen LogP contribution in [0, 0.1) is 0 Å². The van der Waals surface area contributed by atoms with Crippen molar-refractivity contribution in [3.63, 3.8) is 0 Å². The van der Waals surface area contributed by atoms with Crippen molar-refractivity contribution < 1.29 is 4.79 Å². The monoisotopic (exact) mass is 351 g/mol. The van der Waals surface area contributed by atoms with Crippen molar-refractivity contribution in [1.29, 1.82) is 0 Å². The zero-order valence-electron chi connectivity index (χ0n) is 17.1. The smallest absolute Gasteiger partial charge is 0.220 e. The van der Waals surface area contributed by atoms with Gasteiger partial charge in [-0.1, -0.05) is 110 Å². The van der Waals surface area contributed by atoms with E-state index in [1.165, 1.54) is 116 Å². The molecule has 1 amide bonds. The molecule has 0 heterocycles. The molecule has 25 heavy (non-hydrogen) atoms. The van der Waals surface area contributed by atoms with Gasteiger partial charge in [-0.2, -0.15) is 0 Å². The first-order valence-electron chi connectivity index (χ1n) is 11.6. The van der Waals surface area contributed by atoms with Gasteiger partial charge in [-0.3, -0.25) is 4.79 Å². The number of rotatable bonds is 16. The zero-order valence-corrected chi connectivity index (χ0v) is 17.1. The lowest BCUT2D eigenvalue weighted by Gasteiger charge is -2.22. The molecule has 1 aliphatic carbocycles. The van der Waals surface area contributed by atoms with E-state index < -0.39 is 0 Å². The summed E-state index contributed by atoms with van der Waals surface area (Å²) in [6.07, 6.45) is 26.3. The van der Waals surface area contributed by atoms with Crippen LogP contribution >= 0.6 is 0 Å². The lowest BCUT2D eigenvalue weighted by molar-refractivity contribution is -0.122. The third kappa shape index (κ3) is 14.3. The molecule has 0 aromatic carbocycles. The van der Waals surface area contributed by atoms with Gasteiger partial charge in [0.2, 0.25) is 5.91 Å². The molecule has 0 aliphatic heterocycles. The number of carbonyl (C=O) groups excluding carboxylic acids is 1. The van der Waals surface area contributed by atoms with E-state index in [0.717, 1.165) is 12.8 Å². The third-order valence-corrected chi connectivity index (χ3v) is 5.73. The van der Waals surface area contributed by atoms with Crippen LogP contribution in [-0.2, 0) is 4.79 Å². The van der Waals surface area contributed by atoms with Crippen molar-refractivity contribution in [3.8, 4) is 0 Å². The third-order valence-electron chi connectivity index (χ3n) is 5.73. The molecule has 0 saturated heterocycles. The van der Waals surface area contributed by atoms with Gasteiger partial charge >= 0.3 is 0 Å². The summed E-state index contributed by atoms with van der Waals surface area (Å²) in [5, 5.41) is 3.23. The molecule has 2 heteroatoms. The summed E-state index contributed by atoms with van der Waals surface area (Å²) in [6.45, 7) is 2.28. The lowest BCUT2D eigenvalue weighted by atomic mass is 9.95. The first-order chi connectivity index (χ1) is 12.3. The van der Waals surface area contributed by atoms with Crippen molar-refractivity contribution in [2.45, 2.75) is 141 Å². The normalized spacial score (nSPS) is 15.4. The minimum atomic E-state index is 0.297. The minimum absolute atomic E-state index is 0.297. The predicted octanol–water partition coefficient (Wildman–Crippen LogP) is 7.31. The maximum absolute atomic E-state index is 11.9. The average Bonchev–Trinajstić information content (AvgIpc) is 2.63. The average molecular weight is 352 g/mol. The Morgan fingerprint density at radius 3 is 1.60 bits per heavy atom. The van der Waals surface area contributed by atoms with Crippen LogP contribution in [0.4, 0.5) is 0 Å². The van der Waals surface area contributed by atoms with Gasteiger partial charge in [-0.15, -0.1) is 0 Å². The molecule has 0 aromatic rings. The Balaban J connectivity index is 1.74. The second-order valence-electron chi connectivity index (χ2n) is 8.25. The Labute approximate surface area is 157 Å². The van der Waals surface area contributed by atoms with Crippen molar-refractivity contribution in [3.05, 3.63) is 0 Å². The fourth-order valence-electron chi connectivity index (χ4n) is 4.03. The summed E-state index contributed by atoms with van der Waals surface area (Å²) < 4.78 is 0. The Morgan fingerprint density at radius 2 is 1.12 bits per heavy atom. The summed E-state index contributed by atoms with van der Waals surface area (Å²) in [7, 11) is 0. The number of carbonyl (C=O) groups is 1. The molecular weight excluding hydrogens is 306 g/mol. The van der Waals surface area contributed by atoms with Crippen LogP contribution in [0.3, 0.4) is 0 Å². The van der Waals surface area contributed by atoms with Gasteiger partial charge in [0.05, 0.1) is 0 Å². The first-order valence-corrected chi connectivity index (χ1v) is 11.6. The summed E-state index contributed by atoms with van der Waals surface area (Å²) in [5.41, 5.74) is 0. The fraction of sp³-hybridized carbons (Fsp3) is 0.957. The van der Waals surface area contributed by atoms with Gasteiger partial charge in [-0.25, -0.2) is 0 Å². The molecule has 0 spiro atoms. The highest BCUT2D eigenvalue weighted by Gasteiger charge is 2.14. The molecule has 1 saturated carbocycles. The summed E-state index contributed by atoms with van der Waals surface area (Å²) in [5.74, 6) is 0.297. The molecule has 0 radical (unpaired) electrons. The molecule has 1 N–H and O–H groups in total. The second kappa shape index (κ2) is 16.9. The van der Waals surface area contributed by atoms with E-state index in [4.69, 9.17) is 0 Å². The van der Waals surface area contributed by atoms with Crippen LogP contribution in [0.25, 0.3) is 0 Å². The second-order valence-corrected chi connectivity index (χ2v) is 8.25. The van der Waals surface area contributed by atoms with Crippen LogP contribution in [0.15, 0.2) is 0 Å². The Bertz CT molecular complexity index is 296. The van der Waals surface area contributed by atoms with Crippen molar-refractivity contribution >= 4 is 5.91 Å². The highest BCUT2D eigenvalue weighted by atomic mass is 16.1. The molecule has 0 unspecified atom stereocenters. The van der Waals surface area contributed by atoms with Crippen molar-refractivity contribution in [1.82, 2.24) is 5.32 Å². The first kappa shape index (κ1) is 22.5. The van der Waals surface area contributed by atoms with Gasteiger partial charge in [0, 0.05) is 12.5 Å². The van der Waals surface area contributed by atoms with E-state index in [9.17, 15) is 4.79 Å². The van der Waals surface area contributed by atoms with Crippen LogP contribution in [0.2, 0.25) is 0 Å². The van der Waals surface area contributed by atoms with E-state index in [-0.39, 0.29) is 0 Å². The molecule has 0 atom stereocenters. The van der Waals surface area contributed by atoms with Crippen LogP contribution in [-0.4, -0.2) is 11.9 Å².